The number of hydrogen-bond donors (Lipinski definition) is 4. The van der Waals surface area contributed by atoms with Gasteiger partial charge in [-0.2, -0.15) is 0 Å². The Morgan fingerprint density at radius 3 is 2.39 bits per heavy atom. The average molecular weight is 875 g/mol. The SMILES string of the molecule is CC1=C/[C@@H](C)C[C@]2(C)CC[C@H](O2)[C@]23CC[C@](CO)(C[C@H](O2)[C@@H]2O[C@@](C)(CC2=O)[C@H](O)[C@H]2CC[C@]4(CCC[C@@H](O4)[C@H](C)C(=O)O[C@H]4C[C@H]([C@]5(O)OCC[C@H](C)[C@@H]5O)O[C@H]4\C=C\1)O2)O3. The predicted octanol–water partition coefficient (Wildman–Crippen LogP) is 4.23. The molecule has 9 aliphatic rings. The quantitative estimate of drug-likeness (QED) is 0.288. The molecule has 15 nitrogen and oxygen atoms in total. The first kappa shape index (κ1) is 45.3. The van der Waals surface area contributed by atoms with Crippen LogP contribution in [-0.2, 0) is 52.2 Å². The molecule has 4 N–H and O–H groups in total. The predicted molar refractivity (Wildman–Crippen MR) is 219 cm³/mol. The molecular formula is C47H70O15. The Hall–Kier alpha value is -1.86. The van der Waals surface area contributed by atoms with Crippen molar-refractivity contribution in [1.82, 2.24) is 0 Å². The highest BCUT2D eigenvalue weighted by Crippen LogP contribution is 2.55. The Bertz CT molecular complexity index is 1770. The van der Waals surface area contributed by atoms with E-state index in [0.29, 0.717) is 57.8 Å². The Balaban J connectivity index is 1.01. The van der Waals surface area contributed by atoms with Gasteiger partial charge in [-0.1, -0.05) is 37.6 Å². The molecule has 10 bridgehead atoms. The molecule has 19 atom stereocenters. The van der Waals surface area contributed by atoms with Crippen LogP contribution in [0.15, 0.2) is 23.8 Å². The second kappa shape index (κ2) is 16.5. The number of Topliss-reactive ketones (excluding diaryl/α,β-unsaturated/α-hetero) is 1. The molecule has 0 aromatic heterocycles. The number of aliphatic hydroxyl groups is 4. The summed E-state index contributed by atoms with van der Waals surface area (Å²) in [7, 11) is 0. The van der Waals surface area contributed by atoms with Crippen LogP contribution in [0.1, 0.15) is 131 Å². The van der Waals surface area contributed by atoms with Crippen molar-refractivity contribution in [3.05, 3.63) is 23.8 Å². The molecular weight excluding hydrogens is 805 g/mol. The first-order valence-corrected chi connectivity index (χ1v) is 23.5. The third-order valence-corrected chi connectivity index (χ3v) is 16.0. The van der Waals surface area contributed by atoms with Crippen LogP contribution in [0.5, 0.6) is 0 Å². The van der Waals surface area contributed by atoms with Crippen molar-refractivity contribution in [3.63, 3.8) is 0 Å². The number of fused-ring (bicyclic) bond motifs is 10. The lowest BCUT2D eigenvalue weighted by atomic mass is 9.87. The van der Waals surface area contributed by atoms with Gasteiger partial charge in [0.1, 0.15) is 48.3 Å². The Labute approximate surface area is 365 Å². The lowest BCUT2D eigenvalue weighted by Crippen LogP contribution is -2.59. The van der Waals surface area contributed by atoms with Gasteiger partial charge in [-0.3, -0.25) is 9.59 Å². The minimum Gasteiger partial charge on any atom is -0.459 e. The second-order valence-corrected chi connectivity index (χ2v) is 21.2. The van der Waals surface area contributed by atoms with Crippen molar-refractivity contribution >= 4 is 11.8 Å². The number of esters is 1. The molecule has 0 unspecified atom stereocenters. The number of rotatable bonds is 2. The van der Waals surface area contributed by atoms with Crippen molar-refractivity contribution in [2.45, 2.75) is 227 Å². The summed E-state index contributed by atoms with van der Waals surface area (Å²) in [5.74, 6) is -5.63. The van der Waals surface area contributed by atoms with Gasteiger partial charge in [-0.15, -0.1) is 0 Å². The molecule has 9 aliphatic heterocycles. The Morgan fingerprint density at radius 2 is 1.60 bits per heavy atom. The largest absolute Gasteiger partial charge is 0.459 e. The van der Waals surface area contributed by atoms with Gasteiger partial charge in [0.2, 0.25) is 5.79 Å². The van der Waals surface area contributed by atoms with E-state index in [1.165, 1.54) is 0 Å². The van der Waals surface area contributed by atoms with Gasteiger partial charge in [-0.25, -0.2) is 0 Å². The van der Waals surface area contributed by atoms with E-state index >= 15 is 0 Å². The van der Waals surface area contributed by atoms with Crippen LogP contribution in [0, 0.1) is 17.8 Å². The minimum absolute atomic E-state index is 0.0379. The zero-order chi connectivity index (χ0) is 44.0. The van der Waals surface area contributed by atoms with Crippen LogP contribution in [0.2, 0.25) is 0 Å². The van der Waals surface area contributed by atoms with E-state index in [9.17, 15) is 30.0 Å². The van der Waals surface area contributed by atoms with Crippen LogP contribution in [0.3, 0.4) is 0 Å². The van der Waals surface area contributed by atoms with Crippen LogP contribution in [0.4, 0.5) is 0 Å². The lowest BCUT2D eigenvalue weighted by molar-refractivity contribution is -0.365. The number of carbonyl (C=O) groups is 2. The number of aliphatic hydroxyl groups excluding tert-OH is 3. The van der Waals surface area contributed by atoms with Gasteiger partial charge in [0, 0.05) is 38.5 Å². The lowest BCUT2D eigenvalue weighted by Gasteiger charge is -2.47. The van der Waals surface area contributed by atoms with Gasteiger partial charge in [-0.05, 0) is 90.9 Å². The molecule has 9 rings (SSSR count). The van der Waals surface area contributed by atoms with Crippen LogP contribution in [0.25, 0.3) is 0 Å². The van der Waals surface area contributed by atoms with Gasteiger partial charge in [0.25, 0.3) is 0 Å². The molecule has 0 radical (unpaired) electrons. The van der Waals surface area contributed by atoms with Crippen LogP contribution >= 0.6 is 0 Å². The molecule has 9 heterocycles. The average Bonchev–Trinajstić information content (AvgIpc) is 4.06. The maximum Gasteiger partial charge on any atom is 0.311 e. The number of ketones is 1. The topological polar surface area (TPSA) is 198 Å². The summed E-state index contributed by atoms with van der Waals surface area (Å²) in [6.07, 6.45) is 4.76. The van der Waals surface area contributed by atoms with Gasteiger partial charge in [0.15, 0.2) is 17.4 Å². The highest BCUT2D eigenvalue weighted by Gasteiger charge is 2.66. The molecule has 62 heavy (non-hydrogen) atoms. The molecule has 15 heteroatoms. The summed E-state index contributed by atoms with van der Waals surface area (Å²) in [5, 5.41) is 45.5. The van der Waals surface area contributed by atoms with Gasteiger partial charge in [0.05, 0.1) is 48.6 Å². The summed E-state index contributed by atoms with van der Waals surface area (Å²) in [6, 6.07) is 0. The van der Waals surface area contributed by atoms with E-state index in [1.807, 2.05) is 26.0 Å². The van der Waals surface area contributed by atoms with E-state index in [-0.39, 0.29) is 50.1 Å². The third-order valence-electron chi connectivity index (χ3n) is 16.0. The first-order chi connectivity index (χ1) is 29.3. The monoisotopic (exact) mass is 874 g/mol. The standard InChI is InChI=1S/C47H70O15/c1-26-9-10-32-34(21-37(55-32)47(53)39(50)28(3)13-19-54-47)56-41(52)29(4)31-8-7-14-45(57-31)16-11-33(58-45)40(51)43(6)23-30(49)38(61-43)35-24-44(25-48)17-18-46(59-35,62-44)36-12-15-42(5,60-36)22-27(2)20-26/h9-10,20,27-29,31-40,48,50-51,53H,7-8,11-19,21-25H2,1-6H3/b10-9+,26-20-/t27-,28+,29+,31-,32+,33-,34+,35+,36+,37-,38-,39+,40-,42+,43+,44-,45+,46-,47+/m1/s1. The van der Waals surface area contributed by atoms with Crippen molar-refractivity contribution in [1.29, 1.82) is 0 Å². The maximum absolute atomic E-state index is 14.1. The zero-order valence-electron chi connectivity index (χ0n) is 37.3. The van der Waals surface area contributed by atoms with Gasteiger partial charge >= 0.3 is 5.97 Å². The molecule has 348 valence electrons. The minimum atomic E-state index is -1.97. The molecule has 0 aliphatic carbocycles. The van der Waals surface area contributed by atoms with Crippen molar-refractivity contribution in [2.75, 3.05) is 13.2 Å². The molecule has 2 spiro atoms. The maximum atomic E-state index is 14.1. The number of hydrogen-bond acceptors (Lipinski definition) is 15. The third kappa shape index (κ3) is 8.09. The highest BCUT2D eigenvalue weighted by molar-refractivity contribution is 5.86. The van der Waals surface area contributed by atoms with Crippen molar-refractivity contribution in [2.24, 2.45) is 17.8 Å². The molecule has 0 saturated carbocycles. The fraction of sp³-hybridized carbons (Fsp3) is 0.872. The highest BCUT2D eigenvalue weighted by atomic mass is 16.8. The first-order valence-electron chi connectivity index (χ1n) is 23.5. The van der Waals surface area contributed by atoms with Crippen molar-refractivity contribution < 1.29 is 72.6 Å². The summed E-state index contributed by atoms with van der Waals surface area (Å²) in [4.78, 5) is 28.0. The summed E-state index contributed by atoms with van der Waals surface area (Å²) in [6.45, 7) is 11.7. The van der Waals surface area contributed by atoms with Crippen LogP contribution < -0.4 is 0 Å². The fourth-order valence-electron chi connectivity index (χ4n) is 12.5. The van der Waals surface area contributed by atoms with Crippen molar-refractivity contribution in [3.8, 4) is 0 Å². The zero-order valence-corrected chi connectivity index (χ0v) is 37.3. The second-order valence-electron chi connectivity index (χ2n) is 21.2. The Kier molecular flexibility index (Phi) is 12.0. The molecule has 8 saturated heterocycles. The van der Waals surface area contributed by atoms with Gasteiger partial charge < -0.3 is 63.1 Å². The summed E-state index contributed by atoms with van der Waals surface area (Å²) in [5.41, 5.74) is -1.73. The number of carbonyl (C=O) groups excluding carboxylic acids is 2. The van der Waals surface area contributed by atoms with E-state index in [1.54, 1.807) is 13.8 Å². The fourth-order valence-corrected chi connectivity index (χ4v) is 12.5. The summed E-state index contributed by atoms with van der Waals surface area (Å²) >= 11 is 0. The molecule has 8 fully saturated rings. The number of allylic oxidation sites excluding steroid dienone is 3. The molecule has 0 aromatic rings. The van der Waals surface area contributed by atoms with E-state index < -0.39 is 107 Å². The molecule has 0 amide bonds. The smallest absolute Gasteiger partial charge is 0.311 e. The van der Waals surface area contributed by atoms with E-state index in [4.69, 9.17) is 42.6 Å². The summed E-state index contributed by atoms with van der Waals surface area (Å²) < 4.78 is 58.8. The normalized spacial score (nSPS) is 55.0. The Morgan fingerprint density at radius 1 is 0.806 bits per heavy atom. The van der Waals surface area contributed by atoms with Crippen LogP contribution in [-0.4, -0.2) is 141 Å². The van der Waals surface area contributed by atoms with E-state index in [2.05, 4.69) is 19.9 Å². The van der Waals surface area contributed by atoms with E-state index in [0.717, 1.165) is 18.4 Å². The number of ether oxygens (including phenoxy) is 9. The molecule has 0 aromatic carbocycles.